The Morgan fingerprint density at radius 3 is 2.88 bits per heavy atom. The summed E-state index contributed by atoms with van der Waals surface area (Å²) in [5, 5.41) is 9.71. The van der Waals surface area contributed by atoms with E-state index in [9.17, 15) is 5.11 Å². The molecular weight excluding hydrogens is 222 g/mol. The number of phenolic OH excluding ortho intramolecular Hbond substituents is 1. The summed E-state index contributed by atoms with van der Waals surface area (Å²) >= 11 is 1.75. The average Bonchev–Trinajstić information content (AvgIpc) is 2.61. The van der Waals surface area contributed by atoms with Crippen molar-refractivity contribution in [3.63, 3.8) is 0 Å². The Morgan fingerprint density at radius 1 is 1.44 bits per heavy atom. The van der Waals surface area contributed by atoms with Crippen molar-refractivity contribution >= 4 is 17.7 Å². The van der Waals surface area contributed by atoms with Gasteiger partial charge in [0.1, 0.15) is 11.9 Å². The number of hydrogen-bond donors (Lipinski definition) is 1. The monoisotopic (exact) mass is 237 g/mol. The average molecular weight is 237 g/mol. The molecule has 1 unspecified atom stereocenters. The Labute approximate surface area is 99.5 Å². The first-order valence-corrected chi connectivity index (χ1v) is 6.63. The molecule has 1 aromatic carbocycles. The Morgan fingerprint density at radius 2 is 2.19 bits per heavy atom. The van der Waals surface area contributed by atoms with E-state index in [2.05, 4.69) is 11.2 Å². The fraction of sp³-hybridized carbons (Fsp3) is 0.417. The quantitative estimate of drug-likeness (QED) is 0.877. The van der Waals surface area contributed by atoms with E-state index in [-0.39, 0.29) is 17.9 Å². The zero-order chi connectivity index (χ0) is 11.5. The van der Waals surface area contributed by atoms with Crippen LogP contribution in [0.3, 0.4) is 0 Å². The van der Waals surface area contributed by atoms with Gasteiger partial charge in [-0.15, -0.1) is 0 Å². The summed E-state index contributed by atoms with van der Waals surface area (Å²) in [6.07, 6.45) is 2.14. The van der Waals surface area contributed by atoms with Crippen LogP contribution in [-0.2, 0) is 4.74 Å². The molecule has 86 valence electrons. The Balaban J connectivity index is 2.23. The van der Waals surface area contributed by atoms with E-state index in [0.717, 1.165) is 5.75 Å². The number of hydrogen-bond acceptors (Lipinski definition) is 4. The fourth-order valence-electron chi connectivity index (χ4n) is 1.67. The molecule has 1 aliphatic rings. The van der Waals surface area contributed by atoms with Crippen LogP contribution in [0.25, 0.3) is 0 Å². The molecule has 16 heavy (non-hydrogen) atoms. The Kier molecular flexibility index (Phi) is 3.39. The largest absolute Gasteiger partial charge is 0.507 e. The van der Waals surface area contributed by atoms with E-state index < -0.39 is 0 Å². The van der Waals surface area contributed by atoms with Crippen molar-refractivity contribution in [2.24, 2.45) is 4.99 Å². The lowest BCUT2D eigenvalue weighted by Gasteiger charge is -2.11. The lowest BCUT2D eigenvalue weighted by Crippen LogP contribution is -2.20. The molecule has 1 aromatic rings. The molecule has 2 atom stereocenters. The van der Waals surface area contributed by atoms with Gasteiger partial charge in [0.15, 0.2) is 0 Å². The third-order valence-corrected chi connectivity index (χ3v) is 3.27. The topological polar surface area (TPSA) is 41.8 Å². The van der Waals surface area contributed by atoms with E-state index in [1.165, 1.54) is 0 Å². The lowest BCUT2D eigenvalue weighted by molar-refractivity contribution is 0.220. The highest BCUT2D eigenvalue weighted by Crippen LogP contribution is 2.24. The highest BCUT2D eigenvalue weighted by Gasteiger charge is 2.28. The van der Waals surface area contributed by atoms with E-state index in [0.29, 0.717) is 11.5 Å². The van der Waals surface area contributed by atoms with Gasteiger partial charge in [0.2, 0.25) is 5.90 Å². The molecule has 0 amide bonds. The van der Waals surface area contributed by atoms with Crippen LogP contribution in [-0.4, -0.2) is 35.2 Å². The summed E-state index contributed by atoms with van der Waals surface area (Å²) < 4.78 is 5.67. The number of nitrogens with zero attached hydrogens (tertiary/aromatic N) is 1. The van der Waals surface area contributed by atoms with Crippen molar-refractivity contribution in [3.05, 3.63) is 29.8 Å². The van der Waals surface area contributed by atoms with Crippen molar-refractivity contribution in [2.45, 2.75) is 19.1 Å². The first kappa shape index (κ1) is 11.3. The molecule has 1 heterocycles. The number of benzene rings is 1. The summed E-state index contributed by atoms with van der Waals surface area (Å²) in [5.41, 5.74) is 0.679. The summed E-state index contributed by atoms with van der Waals surface area (Å²) in [5.74, 6) is 1.72. The first-order chi connectivity index (χ1) is 7.72. The van der Waals surface area contributed by atoms with Crippen molar-refractivity contribution in [3.8, 4) is 5.75 Å². The molecular formula is C12H15NO2S. The summed E-state index contributed by atoms with van der Waals surface area (Å²) in [7, 11) is 0. The van der Waals surface area contributed by atoms with Gasteiger partial charge in [0.05, 0.1) is 11.6 Å². The second-order valence-corrected chi connectivity index (χ2v) is 4.71. The third kappa shape index (κ3) is 2.16. The van der Waals surface area contributed by atoms with Gasteiger partial charge in [-0.25, -0.2) is 4.99 Å². The third-order valence-electron chi connectivity index (χ3n) is 2.59. The lowest BCUT2D eigenvalue weighted by atomic mass is 10.2. The Hall–Kier alpha value is -1.16. The summed E-state index contributed by atoms with van der Waals surface area (Å²) in [6, 6.07) is 7.31. The van der Waals surface area contributed by atoms with Crippen LogP contribution in [0.15, 0.2) is 29.3 Å². The molecule has 2 rings (SSSR count). The van der Waals surface area contributed by atoms with Gasteiger partial charge < -0.3 is 9.84 Å². The summed E-state index contributed by atoms with van der Waals surface area (Å²) in [6.45, 7) is 2.01. The first-order valence-electron chi connectivity index (χ1n) is 5.24. The maximum Gasteiger partial charge on any atom is 0.220 e. The van der Waals surface area contributed by atoms with Crippen molar-refractivity contribution in [1.82, 2.24) is 0 Å². The molecule has 1 aliphatic heterocycles. The van der Waals surface area contributed by atoms with Gasteiger partial charge in [-0.05, 0) is 25.3 Å². The van der Waals surface area contributed by atoms with Gasteiger partial charge in [-0.3, -0.25) is 0 Å². The van der Waals surface area contributed by atoms with Crippen LogP contribution in [0.2, 0.25) is 0 Å². The van der Waals surface area contributed by atoms with E-state index >= 15 is 0 Å². The van der Waals surface area contributed by atoms with Gasteiger partial charge in [-0.1, -0.05) is 12.1 Å². The number of para-hydroxylation sites is 1. The second kappa shape index (κ2) is 4.78. The number of aliphatic imine (C=N–C) groups is 1. The number of aromatic hydroxyl groups is 1. The molecule has 3 nitrogen and oxygen atoms in total. The van der Waals surface area contributed by atoms with E-state index in [1.807, 2.05) is 19.1 Å². The highest BCUT2D eigenvalue weighted by molar-refractivity contribution is 7.98. The van der Waals surface area contributed by atoms with Crippen molar-refractivity contribution in [1.29, 1.82) is 0 Å². The van der Waals surface area contributed by atoms with Crippen LogP contribution >= 0.6 is 11.8 Å². The summed E-state index contributed by atoms with van der Waals surface area (Å²) in [4.78, 5) is 4.50. The molecule has 0 spiro atoms. The Bertz CT molecular complexity index is 406. The maximum absolute atomic E-state index is 9.71. The number of ether oxygens (including phenoxy) is 1. The molecule has 0 bridgehead atoms. The zero-order valence-corrected chi connectivity index (χ0v) is 10.2. The van der Waals surface area contributed by atoms with Crippen molar-refractivity contribution in [2.75, 3.05) is 12.0 Å². The minimum absolute atomic E-state index is 0.0852. The van der Waals surface area contributed by atoms with Crippen LogP contribution in [0.4, 0.5) is 0 Å². The van der Waals surface area contributed by atoms with Crippen LogP contribution in [0.1, 0.15) is 12.5 Å². The molecule has 1 N–H and O–H groups in total. The molecule has 0 fully saturated rings. The molecule has 4 heteroatoms. The minimum atomic E-state index is 0.0852. The van der Waals surface area contributed by atoms with E-state index in [4.69, 9.17) is 4.74 Å². The van der Waals surface area contributed by atoms with Gasteiger partial charge >= 0.3 is 0 Å². The highest BCUT2D eigenvalue weighted by atomic mass is 32.2. The second-order valence-electron chi connectivity index (χ2n) is 3.80. The standard InChI is InChI=1S/C12H15NO2S/c1-8-10(7-16-2)13-12(15-8)9-5-3-4-6-11(9)14/h3-6,8,10,14H,7H2,1-2H3/t8?,10-/m0/s1. The maximum atomic E-state index is 9.71. The molecule has 0 radical (unpaired) electrons. The number of thioether (sulfide) groups is 1. The number of rotatable bonds is 3. The van der Waals surface area contributed by atoms with Crippen LogP contribution in [0.5, 0.6) is 5.75 Å². The van der Waals surface area contributed by atoms with Crippen LogP contribution in [0, 0.1) is 0 Å². The SMILES string of the molecule is CSC[C@@H]1N=C(c2ccccc2O)OC1C. The van der Waals surface area contributed by atoms with Crippen molar-refractivity contribution < 1.29 is 9.84 Å². The van der Waals surface area contributed by atoms with Crippen LogP contribution < -0.4 is 0 Å². The minimum Gasteiger partial charge on any atom is -0.507 e. The zero-order valence-electron chi connectivity index (χ0n) is 9.38. The molecule has 0 aromatic heterocycles. The molecule has 0 saturated carbocycles. The predicted octanol–water partition coefficient (Wildman–Crippen LogP) is 2.29. The van der Waals surface area contributed by atoms with Gasteiger partial charge in [0, 0.05) is 5.75 Å². The van der Waals surface area contributed by atoms with E-state index in [1.54, 1.807) is 23.9 Å². The predicted molar refractivity (Wildman–Crippen MR) is 67.4 cm³/mol. The fourth-order valence-corrected chi connectivity index (χ4v) is 2.36. The smallest absolute Gasteiger partial charge is 0.220 e. The number of phenols is 1. The molecule has 0 saturated heterocycles. The molecule has 0 aliphatic carbocycles. The van der Waals surface area contributed by atoms with Gasteiger partial charge in [0.25, 0.3) is 0 Å². The van der Waals surface area contributed by atoms with Gasteiger partial charge in [-0.2, -0.15) is 11.8 Å². The normalized spacial score (nSPS) is 24.0.